The average Bonchev–Trinajstić information content (AvgIpc) is 2.91. The number of halogens is 1. The van der Waals surface area contributed by atoms with Gasteiger partial charge in [-0.1, -0.05) is 48.0 Å². The molecule has 3 aromatic carbocycles. The van der Waals surface area contributed by atoms with Crippen LogP contribution in [0.5, 0.6) is 5.75 Å². The van der Waals surface area contributed by atoms with Crippen molar-refractivity contribution in [1.29, 1.82) is 0 Å². The Hall–Kier alpha value is -3.56. The molecule has 0 aliphatic carbocycles. The Morgan fingerprint density at radius 1 is 0.974 bits per heavy atom. The molecule has 3 aromatic rings. The van der Waals surface area contributed by atoms with Crippen molar-refractivity contribution in [1.82, 2.24) is 10.2 Å². The number of anilines is 1. The first-order valence-corrected chi connectivity index (χ1v) is 14.3. The first-order valence-electron chi connectivity index (χ1n) is 12.5. The fraction of sp³-hybridized carbons (Fsp3) is 0.310. The Morgan fingerprint density at radius 2 is 1.67 bits per heavy atom. The maximum atomic E-state index is 13.9. The Balaban J connectivity index is 2.05. The van der Waals surface area contributed by atoms with Gasteiger partial charge in [0.25, 0.3) is 10.0 Å². The van der Waals surface area contributed by atoms with Gasteiger partial charge in [0.05, 0.1) is 17.7 Å². The third-order valence-corrected chi connectivity index (χ3v) is 8.33. The number of nitrogens with one attached hydrogen (secondary N) is 1. The minimum Gasteiger partial charge on any atom is -0.497 e. The number of sulfonamides is 1. The number of carbonyl (C=O) groups is 2. The largest absolute Gasteiger partial charge is 0.497 e. The average molecular weight is 572 g/mol. The van der Waals surface area contributed by atoms with Crippen LogP contribution in [0.1, 0.15) is 31.9 Å². The highest BCUT2D eigenvalue weighted by atomic mass is 35.5. The SMILES string of the molecule is COc1cccc(CN(C(=O)CN(c2ccc(C)c(Cl)c2)S(=O)(=O)c2ccccc2)[C@H](C)C(=O)NC(C)C)c1. The number of nitrogens with zero attached hydrogens (tertiary/aromatic N) is 2. The highest BCUT2D eigenvalue weighted by Crippen LogP contribution is 2.28. The molecule has 0 bridgehead atoms. The second-order valence-electron chi connectivity index (χ2n) is 9.47. The maximum absolute atomic E-state index is 13.9. The summed E-state index contributed by atoms with van der Waals surface area (Å²) in [5.41, 5.74) is 1.73. The number of hydrogen-bond donors (Lipinski definition) is 1. The van der Waals surface area contributed by atoms with Crippen LogP contribution in [0.2, 0.25) is 5.02 Å². The van der Waals surface area contributed by atoms with Crippen molar-refractivity contribution in [2.45, 2.75) is 51.2 Å². The van der Waals surface area contributed by atoms with Crippen molar-refractivity contribution in [3.05, 3.63) is 88.9 Å². The van der Waals surface area contributed by atoms with Crippen LogP contribution in [0.3, 0.4) is 0 Å². The van der Waals surface area contributed by atoms with E-state index in [9.17, 15) is 18.0 Å². The monoisotopic (exact) mass is 571 g/mol. The molecule has 8 nitrogen and oxygen atoms in total. The molecule has 0 unspecified atom stereocenters. The van der Waals surface area contributed by atoms with Gasteiger partial charge in [0.1, 0.15) is 18.3 Å². The van der Waals surface area contributed by atoms with Gasteiger partial charge in [-0.2, -0.15) is 0 Å². The number of carbonyl (C=O) groups excluding carboxylic acids is 2. The summed E-state index contributed by atoms with van der Waals surface area (Å²) in [6, 6.07) is 18.8. The summed E-state index contributed by atoms with van der Waals surface area (Å²) in [6.07, 6.45) is 0. The summed E-state index contributed by atoms with van der Waals surface area (Å²) >= 11 is 6.35. The molecule has 3 rings (SSSR count). The molecule has 208 valence electrons. The lowest BCUT2D eigenvalue weighted by Gasteiger charge is -2.32. The lowest BCUT2D eigenvalue weighted by Crippen LogP contribution is -2.52. The molecular weight excluding hydrogens is 538 g/mol. The minimum absolute atomic E-state index is 0.0273. The van der Waals surface area contributed by atoms with E-state index in [0.29, 0.717) is 10.8 Å². The van der Waals surface area contributed by atoms with Gasteiger partial charge in [-0.15, -0.1) is 0 Å². The summed E-state index contributed by atoms with van der Waals surface area (Å²) in [5, 5.41) is 3.20. The van der Waals surface area contributed by atoms with Crippen LogP contribution >= 0.6 is 11.6 Å². The second-order valence-corrected chi connectivity index (χ2v) is 11.7. The normalized spacial score (nSPS) is 12.1. The molecule has 0 radical (unpaired) electrons. The number of aryl methyl sites for hydroxylation is 1. The van der Waals surface area contributed by atoms with Gasteiger partial charge in [-0.3, -0.25) is 13.9 Å². The zero-order valence-corrected chi connectivity index (χ0v) is 24.3. The third kappa shape index (κ3) is 7.52. The van der Waals surface area contributed by atoms with E-state index in [4.69, 9.17) is 16.3 Å². The lowest BCUT2D eigenvalue weighted by atomic mass is 10.1. The number of ether oxygens (including phenoxy) is 1. The highest BCUT2D eigenvalue weighted by Gasteiger charge is 2.32. The molecule has 39 heavy (non-hydrogen) atoms. The Kier molecular flexibility index (Phi) is 9.99. The van der Waals surface area contributed by atoms with Crippen LogP contribution in [0.25, 0.3) is 0 Å². The molecule has 10 heteroatoms. The first-order chi connectivity index (χ1) is 18.4. The molecule has 0 heterocycles. The smallest absolute Gasteiger partial charge is 0.264 e. The highest BCUT2D eigenvalue weighted by molar-refractivity contribution is 7.92. The Labute approximate surface area is 235 Å². The molecule has 0 saturated heterocycles. The maximum Gasteiger partial charge on any atom is 0.264 e. The van der Waals surface area contributed by atoms with E-state index in [1.54, 1.807) is 69.5 Å². The van der Waals surface area contributed by atoms with Crippen LogP contribution in [0, 0.1) is 6.92 Å². The molecule has 1 atom stereocenters. The number of rotatable bonds is 11. The van der Waals surface area contributed by atoms with E-state index in [0.717, 1.165) is 15.4 Å². The number of benzene rings is 3. The molecule has 0 fully saturated rings. The Morgan fingerprint density at radius 3 is 2.28 bits per heavy atom. The molecular formula is C29H34ClN3O5S. The van der Waals surface area contributed by atoms with Crippen LogP contribution in [0.15, 0.2) is 77.7 Å². The number of methoxy groups -OCH3 is 1. The zero-order valence-electron chi connectivity index (χ0n) is 22.7. The van der Waals surface area contributed by atoms with Crippen molar-refractivity contribution >= 4 is 39.1 Å². The van der Waals surface area contributed by atoms with Crippen molar-refractivity contribution < 1.29 is 22.7 Å². The van der Waals surface area contributed by atoms with Gasteiger partial charge in [-0.25, -0.2) is 8.42 Å². The summed E-state index contributed by atoms with van der Waals surface area (Å²) in [5.74, 6) is -0.306. The number of amides is 2. The van der Waals surface area contributed by atoms with Gasteiger partial charge in [0, 0.05) is 17.6 Å². The van der Waals surface area contributed by atoms with Crippen LogP contribution in [-0.4, -0.2) is 50.9 Å². The van der Waals surface area contributed by atoms with E-state index >= 15 is 0 Å². The summed E-state index contributed by atoms with van der Waals surface area (Å²) < 4.78 is 33.9. The van der Waals surface area contributed by atoms with Gasteiger partial charge in [-0.05, 0) is 75.2 Å². The standard InChI is InChI=1S/C29H34ClN3O5S/c1-20(2)31-29(35)22(4)32(18-23-10-9-11-25(16-23)38-5)28(34)19-33(24-15-14-21(3)27(30)17-24)39(36,37)26-12-7-6-8-13-26/h6-17,20,22H,18-19H2,1-5H3,(H,31,35)/t22-/m1/s1. The lowest BCUT2D eigenvalue weighted by molar-refractivity contribution is -0.139. The molecule has 2 amide bonds. The van der Waals surface area contributed by atoms with E-state index in [1.807, 2.05) is 19.9 Å². The van der Waals surface area contributed by atoms with Gasteiger partial charge < -0.3 is 15.0 Å². The van der Waals surface area contributed by atoms with Crippen molar-refractivity contribution in [2.75, 3.05) is 18.0 Å². The summed E-state index contributed by atoms with van der Waals surface area (Å²) in [6.45, 7) is 6.60. The molecule has 0 aliphatic heterocycles. The Bertz CT molecular complexity index is 1410. The summed E-state index contributed by atoms with van der Waals surface area (Å²) in [4.78, 5) is 28.3. The predicted octanol–water partition coefficient (Wildman–Crippen LogP) is 4.79. The van der Waals surface area contributed by atoms with Gasteiger partial charge in [0.15, 0.2) is 0 Å². The quantitative estimate of drug-likeness (QED) is 0.357. The summed E-state index contributed by atoms with van der Waals surface area (Å²) in [7, 11) is -2.61. The molecule has 0 saturated carbocycles. The van der Waals surface area contributed by atoms with E-state index in [2.05, 4.69) is 5.32 Å². The van der Waals surface area contributed by atoms with Crippen LogP contribution in [-0.2, 0) is 26.2 Å². The van der Waals surface area contributed by atoms with Crippen molar-refractivity contribution in [2.24, 2.45) is 0 Å². The molecule has 0 aromatic heterocycles. The van der Waals surface area contributed by atoms with Crippen molar-refractivity contribution in [3.8, 4) is 5.75 Å². The van der Waals surface area contributed by atoms with Gasteiger partial charge >= 0.3 is 0 Å². The van der Waals surface area contributed by atoms with Crippen molar-refractivity contribution in [3.63, 3.8) is 0 Å². The van der Waals surface area contributed by atoms with E-state index < -0.39 is 28.5 Å². The molecule has 0 aliphatic rings. The molecule has 0 spiro atoms. The van der Waals surface area contributed by atoms with E-state index in [1.165, 1.54) is 23.1 Å². The predicted molar refractivity (Wildman–Crippen MR) is 153 cm³/mol. The van der Waals surface area contributed by atoms with Crippen LogP contribution in [0.4, 0.5) is 5.69 Å². The fourth-order valence-electron chi connectivity index (χ4n) is 3.94. The minimum atomic E-state index is -4.15. The first kappa shape index (κ1) is 30.0. The molecule has 1 N–H and O–H groups in total. The second kappa shape index (κ2) is 13.0. The van der Waals surface area contributed by atoms with Gasteiger partial charge in [0.2, 0.25) is 11.8 Å². The third-order valence-electron chi connectivity index (χ3n) is 6.14. The fourth-order valence-corrected chi connectivity index (χ4v) is 5.54. The zero-order chi connectivity index (χ0) is 28.7. The van der Waals surface area contributed by atoms with E-state index in [-0.39, 0.29) is 29.1 Å². The number of hydrogen-bond acceptors (Lipinski definition) is 5. The topological polar surface area (TPSA) is 96.0 Å². The van der Waals surface area contributed by atoms with Crippen LogP contribution < -0.4 is 14.4 Å².